The monoisotopic (exact) mass is 237 g/mol. The first kappa shape index (κ1) is 13.5. The molecule has 2 unspecified atom stereocenters. The van der Waals surface area contributed by atoms with Crippen molar-refractivity contribution in [2.75, 3.05) is 0 Å². The van der Waals surface area contributed by atoms with Gasteiger partial charge in [-0.2, -0.15) is 13.2 Å². The number of alkyl halides is 3. The molecule has 0 bridgehead atoms. The predicted molar refractivity (Wildman–Crippen MR) is 54.8 cm³/mol. The van der Waals surface area contributed by atoms with Gasteiger partial charge in [-0.3, -0.25) is 4.79 Å². The van der Waals surface area contributed by atoms with Crippen molar-refractivity contribution >= 4 is 5.78 Å². The molecule has 0 spiro atoms. The van der Waals surface area contributed by atoms with Gasteiger partial charge in [0.1, 0.15) is 5.78 Å². The molecular weight excluding hydrogens is 219 g/mol. The van der Waals surface area contributed by atoms with Crippen molar-refractivity contribution in [2.24, 2.45) is 11.7 Å². The molecule has 0 saturated heterocycles. The van der Waals surface area contributed by atoms with Crippen molar-refractivity contribution in [2.45, 2.75) is 57.2 Å². The van der Waals surface area contributed by atoms with Crippen molar-refractivity contribution in [3.05, 3.63) is 0 Å². The van der Waals surface area contributed by atoms with Crippen molar-refractivity contribution in [3.63, 3.8) is 0 Å². The molecule has 1 aliphatic rings. The fourth-order valence-corrected chi connectivity index (χ4v) is 2.19. The topological polar surface area (TPSA) is 43.1 Å². The second kappa shape index (κ2) is 5.66. The number of rotatable bonds is 3. The SMILES string of the molecule is NC1CCCCCC1C(=O)CCC(F)(F)F. The van der Waals surface area contributed by atoms with E-state index in [4.69, 9.17) is 5.73 Å². The Labute approximate surface area is 93.4 Å². The molecule has 1 fully saturated rings. The Kier molecular flexibility index (Phi) is 4.77. The number of ketones is 1. The summed E-state index contributed by atoms with van der Waals surface area (Å²) in [6.45, 7) is 0. The summed E-state index contributed by atoms with van der Waals surface area (Å²) < 4.78 is 35.9. The first-order valence-electron chi connectivity index (χ1n) is 5.75. The molecule has 1 aliphatic carbocycles. The van der Waals surface area contributed by atoms with E-state index in [0.29, 0.717) is 6.42 Å². The Bertz CT molecular complexity index is 240. The van der Waals surface area contributed by atoms with Gasteiger partial charge in [0.05, 0.1) is 6.42 Å². The van der Waals surface area contributed by atoms with Crippen molar-refractivity contribution in [1.82, 2.24) is 0 Å². The highest BCUT2D eigenvalue weighted by Gasteiger charge is 2.32. The van der Waals surface area contributed by atoms with Gasteiger partial charge in [-0.1, -0.05) is 19.3 Å². The van der Waals surface area contributed by atoms with Gasteiger partial charge in [0.25, 0.3) is 0 Å². The average Bonchev–Trinajstić information content (AvgIpc) is 2.38. The first-order valence-corrected chi connectivity index (χ1v) is 5.75. The Hall–Kier alpha value is -0.580. The van der Waals surface area contributed by atoms with Crippen LogP contribution in [-0.2, 0) is 4.79 Å². The van der Waals surface area contributed by atoms with Gasteiger partial charge in [0.2, 0.25) is 0 Å². The fourth-order valence-electron chi connectivity index (χ4n) is 2.19. The van der Waals surface area contributed by atoms with E-state index < -0.39 is 19.0 Å². The maximum absolute atomic E-state index is 12.0. The van der Waals surface area contributed by atoms with E-state index >= 15 is 0 Å². The minimum absolute atomic E-state index is 0.247. The van der Waals surface area contributed by atoms with Crippen LogP contribution in [-0.4, -0.2) is 18.0 Å². The molecular formula is C11H18F3NO. The van der Waals surface area contributed by atoms with Crippen LogP contribution in [0.25, 0.3) is 0 Å². The molecule has 0 aliphatic heterocycles. The summed E-state index contributed by atoms with van der Waals surface area (Å²) >= 11 is 0. The Morgan fingerprint density at radius 3 is 2.44 bits per heavy atom. The molecule has 0 aromatic rings. The van der Waals surface area contributed by atoms with E-state index in [1.165, 1.54) is 0 Å². The minimum atomic E-state index is -4.25. The van der Waals surface area contributed by atoms with Crippen LogP contribution in [0.15, 0.2) is 0 Å². The van der Waals surface area contributed by atoms with Crippen LogP contribution >= 0.6 is 0 Å². The smallest absolute Gasteiger partial charge is 0.327 e. The molecule has 16 heavy (non-hydrogen) atoms. The molecule has 0 amide bonds. The van der Waals surface area contributed by atoms with Crippen molar-refractivity contribution in [1.29, 1.82) is 0 Å². The molecule has 5 heteroatoms. The van der Waals surface area contributed by atoms with E-state index in [2.05, 4.69) is 0 Å². The summed E-state index contributed by atoms with van der Waals surface area (Å²) in [5, 5.41) is 0. The second-order valence-corrected chi connectivity index (χ2v) is 4.49. The van der Waals surface area contributed by atoms with Gasteiger partial charge in [-0.25, -0.2) is 0 Å². The van der Waals surface area contributed by atoms with Crippen LogP contribution in [0.2, 0.25) is 0 Å². The summed E-state index contributed by atoms with van der Waals surface area (Å²) in [7, 11) is 0. The third-order valence-electron chi connectivity index (χ3n) is 3.14. The van der Waals surface area contributed by atoms with Crippen LogP contribution in [0.3, 0.4) is 0 Å². The largest absolute Gasteiger partial charge is 0.389 e. The molecule has 1 rings (SSSR count). The number of carbonyl (C=O) groups is 1. The third-order valence-corrected chi connectivity index (χ3v) is 3.14. The van der Waals surface area contributed by atoms with Crippen LogP contribution < -0.4 is 5.73 Å². The lowest BCUT2D eigenvalue weighted by molar-refractivity contribution is -0.145. The maximum atomic E-state index is 12.0. The van der Waals surface area contributed by atoms with Gasteiger partial charge in [-0.15, -0.1) is 0 Å². The number of carbonyl (C=O) groups excluding carboxylic acids is 1. The average molecular weight is 237 g/mol. The lowest BCUT2D eigenvalue weighted by Gasteiger charge is -2.20. The zero-order valence-corrected chi connectivity index (χ0v) is 9.22. The minimum Gasteiger partial charge on any atom is -0.327 e. The van der Waals surface area contributed by atoms with E-state index in [-0.39, 0.29) is 17.7 Å². The summed E-state index contributed by atoms with van der Waals surface area (Å²) in [6.07, 6.45) is -1.38. The Morgan fingerprint density at radius 1 is 1.19 bits per heavy atom. The molecule has 2 nitrogen and oxygen atoms in total. The number of nitrogens with two attached hydrogens (primary N) is 1. The number of hydrogen-bond donors (Lipinski definition) is 1. The lowest BCUT2D eigenvalue weighted by atomic mass is 9.89. The molecule has 1 saturated carbocycles. The summed E-state index contributed by atoms with van der Waals surface area (Å²) in [5.41, 5.74) is 5.82. The van der Waals surface area contributed by atoms with E-state index in [9.17, 15) is 18.0 Å². The number of hydrogen-bond acceptors (Lipinski definition) is 2. The molecule has 0 aromatic heterocycles. The van der Waals surface area contributed by atoms with E-state index in [1.807, 2.05) is 0 Å². The quantitative estimate of drug-likeness (QED) is 0.767. The van der Waals surface area contributed by atoms with Gasteiger partial charge >= 0.3 is 6.18 Å². The fraction of sp³-hybridized carbons (Fsp3) is 0.909. The second-order valence-electron chi connectivity index (χ2n) is 4.49. The Morgan fingerprint density at radius 2 is 1.81 bits per heavy atom. The Balaban J connectivity index is 2.45. The summed E-state index contributed by atoms with van der Waals surface area (Å²) in [6, 6.07) is -0.247. The molecule has 2 N–H and O–H groups in total. The highest BCUT2D eigenvalue weighted by molar-refractivity contribution is 5.81. The van der Waals surface area contributed by atoms with Gasteiger partial charge in [-0.05, 0) is 12.8 Å². The highest BCUT2D eigenvalue weighted by Crippen LogP contribution is 2.27. The van der Waals surface area contributed by atoms with Crippen LogP contribution in [0, 0.1) is 5.92 Å². The zero-order valence-electron chi connectivity index (χ0n) is 9.22. The normalized spacial score (nSPS) is 27.5. The van der Waals surface area contributed by atoms with Gasteiger partial charge < -0.3 is 5.73 Å². The zero-order chi connectivity index (χ0) is 12.2. The molecule has 0 aromatic carbocycles. The van der Waals surface area contributed by atoms with Gasteiger partial charge in [0, 0.05) is 18.4 Å². The summed E-state index contributed by atoms with van der Waals surface area (Å²) in [5.74, 6) is -0.670. The van der Waals surface area contributed by atoms with Crippen LogP contribution in [0.4, 0.5) is 13.2 Å². The molecule has 0 radical (unpaired) electrons. The van der Waals surface area contributed by atoms with Crippen LogP contribution in [0.1, 0.15) is 44.9 Å². The maximum Gasteiger partial charge on any atom is 0.389 e. The lowest BCUT2D eigenvalue weighted by Crippen LogP contribution is -2.35. The number of Topliss-reactive ketones (excluding diaryl/α,β-unsaturated/α-hetero) is 1. The molecule has 0 heterocycles. The van der Waals surface area contributed by atoms with Crippen molar-refractivity contribution < 1.29 is 18.0 Å². The first-order chi connectivity index (χ1) is 7.40. The van der Waals surface area contributed by atoms with E-state index in [0.717, 1.165) is 25.7 Å². The number of halogens is 3. The van der Waals surface area contributed by atoms with Gasteiger partial charge in [0.15, 0.2) is 0 Å². The van der Waals surface area contributed by atoms with Crippen molar-refractivity contribution in [3.8, 4) is 0 Å². The summed E-state index contributed by atoms with van der Waals surface area (Å²) in [4.78, 5) is 11.6. The molecule has 2 atom stereocenters. The van der Waals surface area contributed by atoms with Crippen LogP contribution in [0.5, 0.6) is 0 Å². The predicted octanol–water partition coefficient (Wildman–Crippen LogP) is 2.81. The standard InChI is InChI=1S/C11H18F3NO/c12-11(13,14)7-6-10(16)8-4-2-1-3-5-9(8)15/h8-9H,1-7,15H2. The van der Waals surface area contributed by atoms with E-state index in [1.54, 1.807) is 0 Å². The molecule has 94 valence electrons. The highest BCUT2D eigenvalue weighted by atomic mass is 19.4. The third kappa shape index (κ3) is 4.51.